The predicted octanol–water partition coefficient (Wildman–Crippen LogP) is 3.38. The Balaban J connectivity index is 4.42. The number of aliphatic hydroxyl groups is 2. The van der Waals surface area contributed by atoms with Gasteiger partial charge in [-0.2, -0.15) is 0 Å². The van der Waals surface area contributed by atoms with Gasteiger partial charge in [0.1, 0.15) is 54.4 Å². The Morgan fingerprint density at radius 1 is 0.506 bits per heavy atom. The molecular formula is C63H113N11O12S. The van der Waals surface area contributed by atoms with Crippen LogP contribution in [0.5, 0.6) is 0 Å². The highest BCUT2D eigenvalue weighted by atomic mass is 32.1. The molecule has 0 aromatic carbocycles. The summed E-state index contributed by atoms with van der Waals surface area (Å²) < 4.78 is 0. The van der Waals surface area contributed by atoms with Gasteiger partial charge < -0.3 is 65.4 Å². The van der Waals surface area contributed by atoms with E-state index in [-0.39, 0.29) is 60.8 Å². The van der Waals surface area contributed by atoms with Crippen molar-refractivity contribution in [2.24, 2.45) is 41.4 Å². The van der Waals surface area contributed by atoms with Crippen LogP contribution in [0.4, 0.5) is 0 Å². The Bertz CT molecular complexity index is 2390. The predicted molar refractivity (Wildman–Crippen MR) is 342 cm³/mol. The molecule has 0 unspecified atom stereocenters. The van der Waals surface area contributed by atoms with E-state index in [4.69, 9.17) is 12.2 Å². The van der Waals surface area contributed by atoms with Gasteiger partial charge in [0.05, 0.1) is 30.3 Å². The molecule has 1 heterocycles. The number of nitrogens with one attached hydrogen (secondary N) is 3. The third-order valence-electron chi connectivity index (χ3n) is 16.6. The minimum atomic E-state index is -1.60. The molecule has 23 nitrogen and oxygen atoms in total. The number of carbonyl (C=O) groups is 10. The second-order valence-corrected chi connectivity index (χ2v) is 26.9. The van der Waals surface area contributed by atoms with Gasteiger partial charge in [0, 0.05) is 56.4 Å². The molecule has 12 atom stereocenters. The first-order valence-electron chi connectivity index (χ1n) is 31.1. The lowest BCUT2D eigenvalue weighted by atomic mass is 9.91. The highest BCUT2D eigenvalue weighted by Crippen LogP contribution is 2.27. The van der Waals surface area contributed by atoms with Crippen LogP contribution in [0, 0.1) is 41.4 Å². The minimum Gasteiger partial charge on any atom is -0.394 e. The van der Waals surface area contributed by atoms with Gasteiger partial charge >= 0.3 is 0 Å². The lowest BCUT2D eigenvalue weighted by molar-refractivity contribution is -0.160. The molecular weight excluding hydrogens is 1130 g/mol. The molecule has 5 N–H and O–H groups in total. The maximum Gasteiger partial charge on any atom is 0.248 e. The number of hydrogen-bond acceptors (Lipinski definition) is 13. The topological polar surface area (TPSA) is 273 Å². The zero-order valence-corrected chi connectivity index (χ0v) is 58.0. The molecule has 0 spiro atoms. The van der Waals surface area contributed by atoms with Crippen LogP contribution in [0.1, 0.15) is 149 Å². The molecule has 0 bridgehead atoms. The fourth-order valence-corrected chi connectivity index (χ4v) is 11.3. The first-order chi connectivity index (χ1) is 40.2. The molecule has 498 valence electrons. The summed E-state index contributed by atoms with van der Waals surface area (Å²) in [6, 6.07) is -12.2. The van der Waals surface area contributed by atoms with Crippen molar-refractivity contribution in [2.45, 2.75) is 216 Å². The average Bonchev–Trinajstić information content (AvgIpc) is 1.23. The van der Waals surface area contributed by atoms with E-state index in [0.29, 0.717) is 6.42 Å². The zero-order valence-electron chi connectivity index (χ0n) is 57.2. The molecule has 1 rings (SSSR count). The minimum absolute atomic E-state index is 0.0410. The first kappa shape index (κ1) is 79.3. The van der Waals surface area contributed by atoms with E-state index in [1.165, 1.54) is 80.9 Å². The van der Waals surface area contributed by atoms with Gasteiger partial charge in [-0.3, -0.25) is 47.9 Å². The van der Waals surface area contributed by atoms with Crippen LogP contribution in [0.2, 0.25) is 0 Å². The molecule has 0 aromatic rings. The zero-order chi connectivity index (χ0) is 67.6. The number of hydrogen-bond donors (Lipinski definition) is 5. The summed E-state index contributed by atoms with van der Waals surface area (Å²) in [5.41, 5.74) is 0. The average molecular weight is 1250 g/mol. The fourth-order valence-electron chi connectivity index (χ4n) is 11.1. The Morgan fingerprint density at radius 3 is 1.34 bits per heavy atom. The number of rotatable bonds is 16. The summed E-state index contributed by atoms with van der Waals surface area (Å²) in [7, 11) is 11.4. The number of likely N-dealkylation sites (N-methyl/N-ethyl adjacent to an activating group) is 8. The molecule has 1 aliphatic heterocycles. The molecule has 1 saturated heterocycles. The SMILES string of the molecule is C/C=C/C[C@@H](C)[C@@H](O)[C@H]1C(=O)N(C)[C@@H](CC)C(=O)N(C)CC(=O)N(C)[C@@H](CC(C)C)C(=O)N[C@@H](C(C)C)C(=O)N(C)[C@@H](CC(C)C)C(=O)N[C@@H](C)C(=S)N[C@H](CO)C(=O)N(C)[C@@H](CC(C)C)C(=O)N(C)[C@@H](CC(C)C)C(=O)N(C)[C@@H](C(C)C)C(=O)N1C. The largest absolute Gasteiger partial charge is 0.394 e. The third kappa shape index (κ3) is 21.8. The summed E-state index contributed by atoms with van der Waals surface area (Å²) in [5, 5.41) is 31.6. The highest BCUT2D eigenvalue weighted by Gasteiger charge is 2.47. The third-order valence-corrected chi connectivity index (χ3v) is 17.1. The smallest absolute Gasteiger partial charge is 0.248 e. The van der Waals surface area contributed by atoms with Crippen LogP contribution < -0.4 is 16.0 Å². The molecule has 0 aliphatic carbocycles. The maximum atomic E-state index is 15.3. The number of aliphatic hydroxyl groups excluding tert-OH is 2. The van der Waals surface area contributed by atoms with Crippen LogP contribution in [0.3, 0.4) is 0 Å². The molecule has 0 radical (unpaired) electrons. The number of carbonyl (C=O) groups excluding carboxylic acids is 10. The van der Waals surface area contributed by atoms with E-state index in [9.17, 15) is 39.0 Å². The molecule has 0 aromatic heterocycles. The van der Waals surface area contributed by atoms with E-state index >= 15 is 19.2 Å². The van der Waals surface area contributed by atoms with Crippen LogP contribution in [0.15, 0.2) is 12.2 Å². The number of allylic oxidation sites excluding steroid dienone is 2. The van der Waals surface area contributed by atoms with Crippen molar-refractivity contribution in [1.82, 2.24) is 55.1 Å². The van der Waals surface area contributed by atoms with Crippen LogP contribution >= 0.6 is 12.2 Å². The molecule has 24 heteroatoms. The number of amides is 10. The van der Waals surface area contributed by atoms with E-state index in [2.05, 4.69) is 16.0 Å². The van der Waals surface area contributed by atoms with Crippen molar-refractivity contribution in [3.05, 3.63) is 12.2 Å². The molecule has 10 amide bonds. The normalized spacial score (nSPS) is 26.7. The summed E-state index contributed by atoms with van der Waals surface area (Å²) in [6.45, 7) is 27.4. The van der Waals surface area contributed by atoms with E-state index < -0.39 is 156 Å². The van der Waals surface area contributed by atoms with Crippen molar-refractivity contribution in [3.63, 3.8) is 0 Å². The van der Waals surface area contributed by atoms with Gasteiger partial charge in [-0.05, 0) is 93.8 Å². The monoisotopic (exact) mass is 1250 g/mol. The van der Waals surface area contributed by atoms with Gasteiger partial charge in [-0.1, -0.05) is 121 Å². The van der Waals surface area contributed by atoms with E-state index in [0.717, 1.165) is 14.7 Å². The van der Waals surface area contributed by atoms with Crippen molar-refractivity contribution >= 4 is 76.3 Å². The summed E-state index contributed by atoms with van der Waals surface area (Å²) in [5.74, 6) is -8.85. The van der Waals surface area contributed by atoms with Gasteiger partial charge in [-0.25, -0.2) is 0 Å². The van der Waals surface area contributed by atoms with Gasteiger partial charge in [0.15, 0.2) is 0 Å². The lowest BCUT2D eigenvalue weighted by Gasteiger charge is -2.42. The van der Waals surface area contributed by atoms with Gasteiger partial charge in [0.2, 0.25) is 59.1 Å². The van der Waals surface area contributed by atoms with Crippen molar-refractivity contribution in [2.75, 3.05) is 69.5 Å². The van der Waals surface area contributed by atoms with Crippen molar-refractivity contribution in [3.8, 4) is 0 Å². The summed E-state index contributed by atoms with van der Waals surface area (Å²) in [6.07, 6.45) is 3.08. The Labute approximate surface area is 526 Å². The Morgan fingerprint density at radius 2 is 0.908 bits per heavy atom. The lowest BCUT2D eigenvalue weighted by Crippen LogP contribution is -2.63. The number of nitrogens with zero attached hydrogens (tertiary/aromatic N) is 8. The second-order valence-electron chi connectivity index (χ2n) is 26.5. The fraction of sp³-hybridized carbons (Fsp3) is 0.794. The van der Waals surface area contributed by atoms with Crippen molar-refractivity contribution in [1.29, 1.82) is 0 Å². The van der Waals surface area contributed by atoms with Crippen molar-refractivity contribution < 1.29 is 58.2 Å². The maximum absolute atomic E-state index is 15.3. The van der Waals surface area contributed by atoms with E-state index in [1.54, 1.807) is 61.5 Å². The van der Waals surface area contributed by atoms with Gasteiger partial charge in [0.25, 0.3) is 0 Å². The van der Waals surface area contributed by atoms with E-state index in [1.807, 2.05) is 61.5 Å². The van der Waals surface area contributed by atoms with Crippen LogP contribution in [-0.2, 0) is 47.9 Å². The van der Waals surface area contributed by atoms with Crippen LogP contribution in [0.25, 0.3) is 0 Å². The van der Waals surface area contributed by atoms with Gasteiger partial charge in [-0.15, -0.1) is 0 Å². The first-order valence-corrected chi connectivity index (χ1v) is 31.5. The summed E-state index contributed by atoms with van der Waals surface area (Å²) >= 11 is 5.74. The Hall–Kier alpha value is -5.75. The quantitative estimate of drug-likeness (QED) is 0.110. The standard InChI is InChI=1S/C63H113N11O12S/c1-25-27-28-41(15)53(77)52-63(86)69(19)44(26-2)58(81)67(17)33-49(76)68(18)45(29-35(3)4)55(79)66-50(39(11)12)61(84)70(20)46(30-36(5)6)54(78)64-42(16)56(87)65-43(34-75)57(80)71(21)47(31-37(7)8)59(82)72(22)48(32-38(9)10)60(83)73(23)51(40(13)14)62(85)74(52)24/h25,27,35-48,50-53,75,77H,26,28-34H2,1-24H3,(H,64,78)(H,65,87)(H,66,79)/b27-25+/t41-,42+,43-,44+,45+,46+,47+,48+,50+,51+,52+,53-/m1/s1. The number of thiocarbonyl (C=S) groups is 1. The molecule has 1 aliphatic rings. The molecule has 1 fully saturated rings. The summed E-state index contributed by atoms with van der Waals surface area (Å²) in [4.78, 5) is 157. The van der Waals surface area contributed by atoms with Crippen LogP contribution in [-0.4, -0.2) is 250 Å². The Kier molecular flexibility index (Phi) is 32.8. The molecule has 87 heavy (non-hydrogen) atoms. The second kappa shape index (κ2) is 36.0. The molecule has 0 saturated carbocycles. The highest BCUT2D eigenvalue weighted by molar-refractivity contribution is 7.80.